The SMILES string of the molecule is CSCCC(NC(=O)C(C)NC(=O)C(Cc1cnc[nH]1)NC(=O)C(N)Cc1c[nH]c2ccccc12)C(=O)O. The Morgan fingerprint density at radius 1 is 1.03 bits per heavy atom. The third-order valence-electron chi connectivity index (χ3n) is 6.04. The van der Waals surface area contributed by atoms with E-state index in [1.807, 2.05) is 30.5 Å². The van der Waals surface area contributed by atoms with Crippen molar-refractivity contribution < 1.29 is 24.3 Å². The van der Waals surface area contributed by atoms with Crippen molar-refractivity contribution in [3.63, 3.8) is 0 Å². The number of thioether (sulfide) groups is 1. The van der Waals surface area contributed by atoms with E-state index in [-0.39, 0.29) is 19.3 Å². The molecule has 38 heavy (non-hydrogen) atoms. The van der Waals surface area contributed by atoms with Crippen LogP contribution in [0.25, 0.3) is 10.9 Å². The van der Waals surface area contributed by atoms with E-state index >= 15 is 0 Å². The molecule has 8 N–H and O–H groups in total. The molecule has 2 aromatic heterocycles. The van der Waals surface area contributed by atoms with Gasteiger partial charge in [0.05, 0.1) is 12.4 Å². The van der Waals surface area contributed by atoms with Gasteiger partial charge >= 0.3 is 5.97 Å². The van der Waals surface area contributed by atoms with Gasteiger partial charge in [0, 0.05) is 35.4 Å². The average molecular weight is 544 g/mol. The van der Waals surface area contributed by atoms with Crippen LogP contribution in [0, 0.1) is 0 Å². The van der Waals surface area contributed by atoms with Crippen molar-refractivity contribution in [1.82, 2.24) is 30.9 Å². The lowest BCUT2D eigenvalue weighted by Crippen LogP contribution is -2.57. The Morgan fingerprint density at radius 2 is 1.76 bits per heavy atom. The zero-order chi connectivity index (χ0) is 27.7. The van der Waals surface area contributed by atoms with Crippen LogP contribution in [0.5, 0.6) is 0 Å². The molecular weight excluding hydrogens is 510 g/mol. The van der Waals surface area contributed by atoms with Gasteiger partial charge < -0.3 is 36.8 Å². The summed E-state index contributed by atoms with van der Waals surface area (Å²) in [4.78, 5) is 60.1. The number of hydrogen-bond donors (Lipinski definition) is 7. The molecule has 1 aromatic carbocycles. The number of carboxylic acids is 1. The Labute approximate surface area is 223 Å². The van der Waals surface area contributed by atoms with E-state index < -0.39 is 47.9 Å². The van der Waals surface area contributed by atoms with Crippen molar-refractivity contribution in [1.29, 1.82) is 0 Å². The Hall–Kier alpha value is -3.84. The monoisotopic (exact) mass is 543 g/mol. The summed E-state index contributed by atoms with van der Waals surface area (Å²) in [7, 11) is 0. The van der Waals surface area contributed by atoms with Gasteiger partial charge in [-0.15, -0.1) is 0 Å². The number of nitrogens with two attached hydrogens (primary N) is 1. The van der Waals surface area contributed by atoms with E-state index in [0.29, 0.717) is 11.4 Å². The Balaban J connectivity index is 1.65. The third-order valence-corrected chi connectivity index (χ3v) is 6.68. The van der Waals surface area contributed by atoms with Crippen molar-refractivity contribution in [2.24, 2.45) is 5.73 Å². The average Bonchev–Trinajstić information content (AvgIpc) is 3.55. The first-order valence-electron chi connectivity index (χ1n) is 12.1. The number of benzene rings is 1. The highest BCUT2D eigenvalue weighted by molar-refractivity contribution is 7.98. The fraction of sp³-hybridized carbons (Fsp3) is 0.400. The zero-order valence-electron chi connectivity index (χ0n) is 21.2. The van der Waals surface area contributed by atoms with Crippen LogP contribution >= 0.6 is 11.8 Å². The lowest BCUT2D eigenvalue weighted by atomic mass is 10.0. The second-order valence-corrected chi connectivity index (χ2v) is 9.91. The summed E-state index contributed by atoms with van der Waals surface area (Å²) in [6.45, 7) is 1.44. The van der Waals surface area contributed by atoms with Crippen molar-refractivity contribution >= 4 is 46.4 Å². The van der Waals surface area contributed by atoms with E-state index in [2.05, 4.69) is 30.9 Å². The highest BCUT2D eigenvalue weighted by Gasteiger charge is 2.29. The van der Waals surface area contributed by atoms with Gasteiger partial charge in [0.15, 0.2) is 0 Å². The lowest BCUT2D eigenvalue weighted by Gasteiger charge is -2.23. The maximum atomic E-state index is 13.1. The van der Waals surface area contributed by atoms with Crippen LogP contribution in [0.1, 0.15) is 24.6 Å². The quantitative estimate of drug-likeness (QED) is 0.151. The number of fused-ring (bicyclic) bond motifs is 1. The number of imidazole rings is 1. The normalized spacial score (nSPS) is 14.3. The predicted molar refractivity (Wildman–Crippen MR) is 144 cm³/mol. The molecule has 0 radical (unpaired) electrons. The van der Waals surface area contributed by atoms with Crippen molar-refractivity contribution in [3.05, 3.63) is 54.2 Å². The molecule has 0 aliphatic carbocycles. The number of aromatic nitrogens is 3. The summed E-state index contributed by atoms with van der Waals surface area (Å²) in [5, 5.41) is 18.0. The van der Waals surface area contributed by atoms with Gasteiger partial charge in [-0.05, 0) is 43.4 Å². The molecule has 0 fully saturated rings. The van der Waals surface area contributed by atoms with E-state index in [1.165, 1.54) is 31.2 Å². The van der Waals surface area contributed by atoms with Crippen LogP contribution in [0.2, 0.25) is 0 Å². The van der Waals surface area contributed by atoms with E-state index in [1.54, 1.807) is 6.20 Å². The maximum absolute atomic E-state index is 13.1. The minimum absolute atomic E-state index is 0.0805. The number of nitrogens with zero attached hydrogens (tertiary/aromatic N) is 1. The number of amides is 3. The number of H-pyrrole nitrogens is 2. The minimum Gasteiger partial charge on any atom is -0.480 e. The van der Waals surface area contributed by atoms with Gasteiger partial charge in [0.2, 0.25) is 17.7 Å². The highest BCUT2D eigenvalue weighted by Crippen LogP contribution is 2.18. The molecular formula is C25H33N7O5S. The van der Waals surface area contributed by atoms with Crippen LogP contribution in [0.3, 0.4) is 0 Å². The van der Waals surface area contributed by atoms with Gasteiger partial charge in [-0.2, -0.15) is 11.8 Å². The number of aliphatic carboxylic acids is 1. The van der Waals surface area contributed by atoms with Gasteiger partial charge in [0.1, 0.15) is 18.1 Å². The topological polar surface area (TPSA) is 195 Å². The minimum atomic E-state index is -1.15. The molecule has 0 saturated heterocycles. The number of aromatic amines is 2. The number of rotatable bonds is 14. The third kappa shape index (κ3) is 7.83. The Bertz CT molecular complexity index is 1250. The lowest BCUT2D eigenvalue weighted by molar-refractivity contribution is -0.142. The molecule has 0 saturated carbocycles. The molecule has 3 aromatic rings. The number of carbonyl (C=O) groups excluding carboxylic acids is 3. The predicted octanol–water partition coefficient (Wildman–Crippen LogP) is 0.316. The first kappa shape index (κ1) is 28.7. The van der Waals surface area contributed by atoms with Gasteiger partial charge in [-0.3, -0.25) is 14.4 Å². The first-order chi connectivity index (χ1) is 18.2. The molecule has 3 rings (SSSR count). The fourth-order valence-corrected chi connectivity index (χ4v) is 4.38. The van der Waals surface area contributed by atoms with Crippen LogP contribution < -0.4 is 21.7 Å². The number of carbonyl (C=O) groups is 4. The molecule has 0 aliphatic rings. The second kappa shape index (κ2) is 13.6. The summed E-state index contributed by atoms with van der Waals surface area (Å²) in [6.07, 6.45) is 7.19. The molecule has 0 spiro atoms. The summed E-state index contributed by atoms with van der Waals surface area (Å²) < 4.78 is 0. The molecule has 204 valence electrons. The fourth-order valence-electron chi connectivity index (χ4n) is 3.90. The molecule has 2 heterocycles. The van der Waals surface area contributed by atoms with E-state index in [0.717, 1.165) is 16.5 Å². The second-order valence-electron chi connectivity index (χ2n) is 8.92. The van der Waals surface area contributed by atoms with Gasteiger partial charge in [0.25, 0.3) is 0 Å². The maximum Gasteiger partial charge on any atom is 0.326 e. The molecule has 0 aliphatic heterocycles. The number of nitrogens with one attached hydrogen (secondary N) is 5. The van der Waals surface area contributed by atoms with Gasteiger partial charge in [-0.25, -0.2) is 9.78 Å². The molecule has 0 bridgehead atoms. The van der Waals surface area contributed by atoms with Crippen LogP contribution in [0.4, 0.5) is 0 Å². The van der Waals surface area contributed by atoms with E-state index in [9.17, 15) is 24.3 Å². The summed E-state index contributed by atoms with van der Waals surface area (Å²) >= 11 is 1.46. The first-order valence-corrected chi connectivity index (χ1v) is 13.5. The highest BCUT2D eigenvalue weighted by atomic mass is 32.2. The summed E-state index contributed by atoms with van der Waals surface area (Å²) in [6, 6.07) is 3.56. The zero-order valence-corrected chi connectivity index (χ0v) is 22.0. The van der Waals surface area contributed by atoms with Crippen LogP contribution in [0.15, 0.2) is 43.0 Å². The van der Waals surface area contributed by atoms with Gasteiger partial charge in [-0.1, -0.05) is 18.2 Å². The smallest absolute Gasteiger partial charge is 0.326 e. The Kier molecular flexibility index (Phi) is 10.3. The molecule has 4 atom stereocenters. The molecule has 3 amide bonds. The summed E-state index contributed by atoms with van der Waals surface area (Å²) in [5.41, 5.74) is 8.59. The van der Waals surface area contributed by atoms with E-state index in [4.69, 9.17) is 5.73 Å². The number of carboxylic acid groups (broad SMARTS) is 1. The number of hydrogen-bond acceptors (Lipinski definition) is 7. The standard InChI is InChI=1S/C25H33N7O5S/c1-14(22(33)31-20(25(36)37)7-8-38-2)30-24(35)21(10-16-12-27-13-29-16)32-23(34)18(26)9-15-11-28-19-6-4-3-5-17(15)19/h3-6,11-14,18,20-21,28H,7-10,26H2,1-2H3,(H,27,29)(H,30,35)(H,31,33)(H,32,34)(H,36,37). The Morgan fingerprint density at radius 3 is 2.45 bits per heavy atom. The summed E-state index contributed by atoms with van der Waals surface area (Å²) in [5.74, 6) is -2.40. The van der Waals surface area contributed by atoms with Crippen LogP contribution in [-0.2, 0) is 32.0 Å². The number of para-hydroxylation sites is 1. The van der Waals surface area contributed by atoms with Crippen molar-refractivity contribution in [2.75, 3.05) is 12.0 Å². The van der Waals surface area contributed by atoms with Crippen molar-refractivity contribution in [3.8, 4) is 0 Å². The molecule has 4 unspecified atom stereocenters. The molecule has 12 nitrogen and oxygen atoms in total. The van der Waals surface area contributed by atoms with Crippen LogP contribution in [-0.4, -0.2) is 79.9 Å². The van der Waals surface area contributed by atoms with Crippen molar-refractivity contribution in [2.45, 2.75) is 50.4 Å². The molecule has 13 heteroatoms. The largest absolute Gasteiger partial charge is 0.480 e.